The molecule has 138 valence electrons. The van der Waals surface area contributed by atoms with Crippen molar-refractivity contribution >= 4 is 17.3 Å². The zero-order chi connectivity index (χ0) is 18.7. The van der Waals surface area contributed by atoms with E-state index in [-0.39, 0.29) is 5.56 Å². The van der Waals surface area contributed by atoms with Gasteiger partial charge in [-0.3, -0.25) is 4.79 Å². The number of alkyl halides is 3. The van der Waals surface area contributed by atoms with Crippen molar-refractivity contribution in [2.45, 2.75) is 6.18 Å². The van der Waals surface area contributed by atoms with Gasteiger partial charge in [0.15, 0.2) is 0 Å². The molecule has 1 saturated heterocycles. The average Bonchev–Trinajstić information content (AvgIpc) is 2.62. The molecule has 0 radical (unpaired) electrons. The van der Waals surface area contributed by atoms with Crippen LogP contribution in [0.5, 0.6) is 0 Å². The van der Waals surface area contributed by atoms with Crippen molar-refractivity contribution in [2.75, 3.05) is 43.4 Å². The monoisotopic (exact) mass is 363 g/mol. The molecule has 1 aliphatic rings. The summed E-state index contributed by atoms with van der Waals surface area (Å²) in [6.07, 6.45) is -4.41. The van der Waals surface area contributed by atoms with Crippen LogP contribution in [0.4, 0.5) is 24.5 Å². The van der Waals surface area contributed by atoms with Crippen LogP contribution in [0.15, 0.2) is 48.5 Å². The summed E-state index contributed by atoms with van der Waals surface area (Å²) in [6, 6.07) is 11.7. The van der Waals surface area contributed by atoms with E-state index in [2.05, 4.69) is 22.2 Å². The van der Waals surface area contributed by atoms with Crippen molar-refractivity contribution in [3.8, 4) is 0 Å². The molecule has 0 saturated carbocycles. The fourth-order valence-corrected chi connectivity index (χ4v) is 2.91. The highest BCUT2D eigenvalue weighted by molar-refractivity contribution is 6.06. The summed E-state index contributed by atoms with van der Waals surface area (Å²) in [5.74, 6) is -0.430. The number of hydrogen-bond acceptors (Lipinski definition) is 3. The van der Waals surface area contributed by atoms with Crippen LogP contribution in [0.1, 0.15) is 15.9 Å². The first-order valence-electron chi connectivity index (χ1n) is 8.36. The SMILES string of the molecule is CN1CCN(c2ccccc2NC(=O)c2ccc(C(F)(F)F)cc2)CC1. The number of carbonyl (C=O) groups excluding carboxylic acids is 1. The number of nitrogens with zero attached hydrogens (tertiary/aromatic N) is 2. The van der Waals surface area contributed by atoms with Crippen LogP contribution in [0, 0.1) is 0 Å². The predicted octanol–water partition coefficient (Wildman–Crippen LogP) is 3.71. The number of hydrogen-bond donors (Lipinski definition) is 1. The normalized spacial score (nSPS) is 15.8. The standard InChI is InChI=1S/C19H20F3N3O/c1-24-10-12-25(13-11-24)17-5-3-2-4-16(17)23-18(26)14-6-8-15(9-7-14)19(20,21)22/h2-9H,10-13H2,1H3,(H,23,26). The van der Waals surface area contributed by atoms with Crippen LogP contribution in [0.2, 0.25) is 0 Å². The van der Waals surface area contributed by atoms with E-state index in [9.17, 15) is 18.0 Å². The quantitative estimate of drug-likeness (QED) is 0.903. The Morgan fingerprint density at radius 1 is 0.962 bits per heavy atom. The molecule has 0 spiro atoms. The highest BCUT2D eigenvalue weighted by Gasteiger charge is 2.30. The average molecular weight is 363 g/mol. The third-order valence-corrected chi connectivity index (χ3v) is 4.47. The van der Waals surface area contributed by atoms with Gasteiger partial charge in [0.25, 0.3) is 5.91 Å². The van der Waals surface area contributed by atoms with Crippen molar-refractivity contribution in [3.63, 3.8) is 0 Å². The number of amides is 1. The van der Waals surface area contributed by atoms with Gasteiger partial charge in [0.2, 0.25) is 0 Å². The highest BCUT2D eigenvalue weighted by Crippen LogP contribution is 2.30. The Hall–Kier alpha value is -2.54. The number of carbonyl (C=O) groups is 1. The fourth-order valence-electron chi connectivity index (χ4n) is 2.91. The van der Waals surface area contributed by atoms with Gasteiger partial charge in [-0.15, -0.1) is 0 Å². The zero-order valence-corrected chi connectivity index (χ0v) is 14.4. The predicted molar refractivity (Wildman–Crippen MR) is 95.5 cm³/mol. The summed E-state index contributed by atoms with van der Waals surface area (Å²) >= 11 is 0. The molecule has 1 fully saturated rings. The lowest BCUT2D eigenvalue weighted by molar-refractivity contribution is -0.137. The van der Waals surface area contributed by atoms with Gasteiger partial charge in [-0.2, -0.15) is 13.2 Å². The molecule has 0 unspecified atom stereocenters. The summed E-state index contributed by atoms with van der Waals surface area (Å²) in [6.45, 7) is 3.57. The van der Waals surface area contributed by atoms with Gasteiger partial charge in [0, 0.05) is 31.7 Å². The summed E-state index contributed by atoms with van der Waals surface area (Å²) in [4.78, 5) is 16.9. The lowest BCUT2D eigenvalue weighted by atomic mass is 10.1. The number of rotatable bonds is 3. The molecule has 26 heavy (non-hydrogen) atoms. The Bertz CT molecular complexity index is 766. The molecule has 1 amide bonds. The Morgan fingerprint density at radius 3 is 2.19 bits per heavy atom. The second-order valence-corrected chi connectivity index (χ2v) is 6.34. The maximum atomic E-state index is 12.6. The molecule has 2 aromatic rings. The molecule has 0 atom stereocenters. The maximum Gasteiger partial charge on any atom is 0.416 e. The van der Waals surface area contributed by atoms with E-state index in [0.717, 1.165) is 44.0 Å². The molecule has 7 heteroatoms. The van der Waals surface area contributed by atoms with E-state index in [1.54, 1.807) is 6.07 Å². The Balaban J connectivity index is 1.75. The smallest absolute Gasteiger partial charge is 0.367 e. The minimum absolute atomic E-state index is 0.186. The number of para-hydroxylation sites is 2. The molecular formula is C19H20F3N3O. The first-order valence-corrected chi connectivity index (χ1v) is 8.36. The van der Waals surface area contributed by atoms with Crippen molar-refractivity contribution < 1.29 is 18.0 Å². The van der Waals surface area contributed by atoms with Crippen LogP contribution in [-0.4, -0.2) is 44.0 Å². The van der Waals surface area contributed by atoms with E-state index >= 15 is 0 Å². The number of benzene rings is 2. The van der Waals surface area contributed by atoms with Crippen LogP contribution >= 0.6 is 0 Å². The van der Waals surface area contributed by atoms with Crippen LogP contribution in [0.3, 0.4) is 0 Å². The minimum Gasteiger partial charge on any atom is -0.367 e. The van der Waals surface area contributed by atoms with Crippen molar-refractivity contribution in [1.29, 1.82) is 0 Å². The Labute approximate surface area is 150 Å². The van der Waals surface area contributed by atoms with Crippen molar-refractivity contribution in [2.24, 2.45) is 0 Å². The second kappa shape index (κ2) is 7.37. The zero-order valence-electron chi connectivity index (χ0n) is 14.4. The van der Waals surface area contributed by atoms with Gasteiger partial charge in [-0.1, -0.05) is 12.1 Å². The van der Waals surface area contributed by atoms with Crippen molar-refractivity contribution in [1.82, 2.24) is 4.90 Å². The number of likely N-dealkylation sites (N-methyl/N-ethyl adjacent to an activating group) is 1. The van der Waals surface area contributed by atoms with Crippen LogP contribution < -0.4 is 10.2 Å². The summed E-state index contributed by atoms with van der Waals surface area (Å²) < 4.78 is 37.9. The largest absolute Gasteiger partial charge is 0.416 e. The summed E-state index contributed by atoms with van der Waals surface area (Å²) in [5.41, 5.74) is 0.987. The molecule has 1 N–H and O–H groups in total. The fraction of sp³-hybridized carbons (Fsp3) is 0.316. The Morgan fingerprint density at radius 2 is 1.58 bits per heavy atom. The number of piperazine rings is 1. The van der Waals surface area contributed by atoms with E-state index in [1.165, 1.54) is 12.1 Å². The van der Waals surface area contributed by atoms with Gasteiger partial charge in [-0.25, -0.2) is 0 Å². The van der Waals surface area contributed by atoms with Gasteiger partial charge in [0.05, 0.1) is 16.9 Å². The number of nitrogens with one attached hydrogen (secondary N) is 1. The molecule has 0 bridgehead atoms. The lowest BCUT2D eigenvalue weighted by Crippen LogP contribution is -2.44. The summed E-state index contributed by atoms with van der Waals surface area (Å²) in [7, 11) is 2.07. The van der Waals surface area contributed by atoms with E-state index in [0.29, 0.717) is 5.69 Å². The molecule has 0 aromatic heterocycles. The Kier molecular flexibility index (Phi) is 5.18. The molecule has 4 nitrogen and oxygen atoms in total. The van der Waals surface area contributed by atoms with Crippen LogP contribution in [0.25, 0.3) is 0 Å². The first-order chi connectivity index (χ1) is 12.3. The molecule has 1 heterocycles. The molecule has 1 aliphatic heterocycles. The van der Waals surface area contributed by atoms with E-state index < -0.39 is 17.6 Å². The van der Waals surface area contributed by atoms with E-state index in [1.807, 2.05) is 18.2 Å². The van der Waals surface area contributed by atoms with Gasteiger partial charge in [-0.05, 0) is 43.4 Å². The minimum atomic E-state index is -4.41. The molecule has 0 aliphatic carbocycles. The first kappa shape index (κ1) is 18.3. The molecule has 3 rings (SSSR count). The van der Waals surface area contributed by atoms with Gasteiger partial charge < -0.3 is 15.1 Å². The highest BCUT2D eigenvalue weighted by atomic mass is 19.4. The third kappa shape index (κ3) is 4.16. The molecular weight excluding hydrogens is 343 g/mol. The number of halogens is 3. The lowest BCUT2D eigenvalue weighted by Gasteiger charge is -2.35. The van der Waals surface area contributed by atoms with Gasteiger partial charge in [0.1, 0.15) is 0 Å². The second-order valence-electron chi connectivity index (χ2n) is 6.34. The third-order valence-electron chi connectivity index (χ3n) is 4.47. The van der Waals surface area contributed by atoms with E-state index in [4.69, 9.17) is 0 Å². The topological polar surface area (TPSA) is 35.6 Å². The maximum absolute atomic E-state index is 12.6. The van der Waals surface area contributed by atoms with Gasteiger partial charge >= 0.3 is 6.18 Å². The van der Waals surface area contributed by atoms with Crippen LogP contribution in [-0.2, 0) is 6.18 Å². The van der Waals surface area contributed by atoms with Crippen molar-refractivity contribution in [3.05, 3.63) is 59.7 Å². The molecule has 2 aromatic carbocycles. The summed E-state index contributed by atoms with van der Waals surface area (Å²) in [5, 5.41) is 2.82. The number of anilines is 2.